The van der Waals surface area contributed by atoms with Crippen LogP contribution in [0.15, 0.2) is 60.8 Å². The number of hydrogen-bond acceptors (Lipinski definition) is 8. The van der Waals surface area contributed by atoms with E-state index in [1.54, 1.807) is 0 Å². The van der Waals surface area contributed by atoms with E-state index in [1.807, 2.05) is 0 Å². The summed E-state index contributed by atoms with van der Waals surface area (Å²) in [5, 5.41) is 8.90. The zero-order valence-corrected chi connectivity index (χ0v) is 36.8. The summed E-state index contributed by atoms with van der Waals surface area (Å²) in [6.45, 7) is 3.71. The monoisotopic (exact) mass is 824 g/mol. The van der Waals surface area contributed by atoms with Gasteiger partial charge in [0.1, 0.15) is 12.1 Å². The molecular weight excluding hydrogens is 741 g/mol. The number of hydrogen-bond donors (Lipinski definition) is 3. The van der Waals surface area contributed by atoms with Crippen LogP contribution in [0.4, 0.5) is 0 Å². The average Bonchev–Trinajstić information content (AvgIpc) is 3.19. The number of rotatable bonds is 42. The van der Waals surface area contributed by atoms with Gasteiger partial charge in [-0.25, -0.2) is 4.57 Å². The fourth-order valence-electron chi connectivity index (χ4n) is 5.87. The molecule has 0 spiro atoms. The number of aliphatic carboxylic acids is 1. The lowest BCUT2D eigenvalue weighted by molar-refractivity contribution is -0.154. The summed E-state index contributed by atoms with van der Waals surface area (Å²) in [6, 6.07) is -1.48. The highest BCUT2D eigenvalue weighted by Gasteiger charge is 2.27. The fourth-order valence-corrected chi connectivity index (χ4v) is 6.64. The Kier molecular flexibility index (Phi) is 40.1. The van der Waals surface area contributed by atoms with Crippen molar-refractivity contribution < 1.29 is 42.7 Å². The molecule has 0 fully saturated rings. The van der Waals surface area contributed by atoms with Crippen molar-refractivity contribution >= 4 is 19.8 Å². The number of carboxylic acid groups (broad SMARTS) is 1. The van der Waals surface area contributed by atoms with Gasteiger partial charge in [0.25, 0.3) is 0 Å². The number of phosphoric acid groups is 1. The summed E-state index contributed by atoms with van der Waals surface area (Å²) in [6.07, 6.45) is 49.8. The van der Waals surface area contributed by atoms with Gasteiger partial charge in [0, 0.05) is 13.0 Å². The van der Waals surface area contributed by atoms with Crippen molar-refractivity contribution in [3.8, 4) is 0 Å². The molecule has 0 heterocycles. The molecule has 0 aliphatic heterocycles. The van der Waals surface area contributed by atoms with Crippen LogP contribution in [0.2, 0.25) is 0 Å². The van der Waals surface area contributed by atoms with Gasteiger partial charge < -0.3 is 25.2 Å². The number of carbonyl (C=O) groups excluding carboxylic acids is 1. The van der Waals surface area contributed by atoms with E-state index >= 15 is 0 Å². The molecule has 11 heteroatoms. The molecule has 0 radical (unpaired) electrons. The summed E-state index contributed by atoms with van der Waals surface area (Å²) >= 11 is 0. The van der Waals surface area contributed by atoms with Crippen molar-refractivity contribution in [2.75, 3.05) is 26.4 Å². The van der Waals surface area contributed by atoms with Gasteiger partial charge in [-0.2, -0.15) is 0 Å². The second-order valence-corrected chi connectivity index (χ2v) is 16.3. The lowest BCUT2D eigenvalue weighted by Crippen LogP contribution is -2.34. The molecule has 0 saturated heterocycles. The first kappa shape index (κ1) is 54.7. The third-order valence-corrected chi connectivity index (χ3v) is 10.3. The molecule has 0 aliphatic rings. The molecule has 4 N–H and O–H groups in total. The Morgan fingerprint density at radius 3 is 1.53 bits per heavy atom. The Labute approximate surface area is 347 Å². The number of ether oxygens (including phenoxy) is 2. The zero-order chi connectivity index (χ0) is 41.9. The second-order valence-electron chi connectivity index (χ2n) is 14.8. The maximum absolute atomic E-state index is 12.6. The molecule has 0 aliphatic carbocycles. The summed E-state index contributed by atoms with van der Waals surface area (Å²) in [5.74, 6) is -1.79. The number of allylic oxidation sites excluding steroid dienone is 10. The molecule has 330 valence electrons. The van der Waals surface area contributed by atoms with Gasteiger partial charge in [-0.15, -0.1) is 0 Å². The smallest absolute Gasteiger partial charge is 0.472 e. The maximum atomic E-state index is 12.6. The molecule has 0 saturated carbocycles. The van der Waals surface area contributed by atoms with Crippen molar-refractivity contribution in [1.82, 2.24) is 0 Å². The summed E-state index contributed by atoms with van der Waals surface area (Å²) in [5.41, 5.74) is 5.36. The molecule has 10 nitrogen and oxygen atoms in total. The fraction of sp³-hybridized carbons (Fsp3) is 0.739. The van der Waals surface area contributed by atoms with Crippen LogP contribution in [-0.2, 0) is 32.7 Å². The van der Waals surface area contributed by atoms with Gasteiger partial charge in [0.2, 0.25) is 0 Å². The molecule has 3 atom stereocenters. The van der Waals surface area contributed by atoms with Crippen LogP contribution in [0.1, 0.15) is 181 Å². The molecule has 0 aromatic rings. The molecule has 0 bridgehead atoms. The molecular formula is C46H82NO9P. The quantitative estimate of drug-likeness (QED) is 0.0234. The van der Waals surface area contributed by atoms with Gasteiger partial charge in [-0.05, 0) is 57.8 Å². The number of esters is 1. The van der Waals surface area contributed by atoms with E-state index in [9.17, 15) is 19.0 Å². The van der Waals surface area contributed by atoms with E-state index in [1.165, 1.54) is 70.6 Å². The van der Waals surface area contributed by atoms with Crippen LogP contribution < -0.4 is 5.73 Å². The Morgan fingerprint density at radius 2 is 1.02 bits per heavy atom. The SMILES string of the molecule is CC/C=C\C/C=C\C/C=C\C/C=C\C/C=C\CCCCCCOCC(COP(=O)(O)OCC(N)C(=O)O)OC(=O)CCCCCCCCCCCCCCCCC. The highest BCUT2D eigenvalue weighted by molar-refractivity contribution is 7.47. The van der Waals surface area contributed by atoms with E-state index in [0.29, 0.717) is 13.0 Å². The predicted octanol–water partition coefficient (Wildman–Crippen LogP) is 12.4. The van der Waals surface area contributed by atoms with E-state index in [4.69, 9.17) is 29.4 Å². The normalized spacial score (nSPS) is 14.5. The third-order valence-electron chi connectivity index (χ3n) is 9.31. The molecule has 3 unspecified atom stereocenters. The summed E-state index contributed by atoms with van der Waals surface area (Å²) in [4.78, 5) is 33.5. The molecule has 0 aromatic carbocycles. The number of nitrogens with two attached hydrogens (primary N) is 1. The topological polar surface area (TPSA) is 155 Å². The Morgan fingerprint density at radius 1 is 0.579 bits per heavy atom. The lowest BCUT2D eigenvalue weighted by atomic mass is 10.0. The highest BCUT2D eigenvalue weighted by Crippen LogP contribution is 2.43. The largest absolute Gasteiger partial charge is 0.480 e. The highest BCUT2D eigenvalue weighted by atomic mass is 31.2. The lowest BCUT2D eigenvalue weighted by Gasteiger charge is -2.20. The van der Waals surface area contributed by atoms with Crippen LogP contribution in [0, 0.1) is 0 Å². The zero-order valence-electron chi connectivity index (χ0n) is 35.9. The third kappa shape index (κ3) is 41.6. The van der Waals surface area contributed by atoms with Crippen molar-refractivity contribution in [3.63, 3.8) is 0 Å². The minimum Gasteiger partial charge on any atom is -0.480 e. The van der Waals surface area contributed by atoms with E-state index in [-0.39, 0.29) is 13.0 Å². The van der Waals surface area contributed by atoms with E-state index in [2.05, 4.69) is 74.6 Å². The standard InChI is InChI=1S/C46H82NO9P/c1-3-5-7-9-11-13-15-17-19-20-21-22-23-25-27-29-31-33-35-37-39-53-40-43(41-54-57(51,52)55-42-44(47)46(49)50)56-45(48)38-36-34-32-30-28-26-24-18-16-14-12-10-8-6-4-2/h5,7,11,13,17,19,21-22,25,27,43-44H,3-4,6,8-10,12,14-16,18,20,23-24,26,28-42,47H2,1-2H3,(H,49,50)(H,51,52)/b7-5-,13-11-,19-17-,22-21-,27-25-. The number of carboxylic acids is 1. The van der Waals surface area contributed by atoms with Crippen LogP contribution in [0.5, 0.6) is 0 Å². The van der Waals surface area contributed by atoms with Crippen molar-refractivity contribution in [3.05, 3.63) is 60.8 Å². The Balaban J connectivity index is 4.28. The summed E-state index contributed by atoms with van der Waals surface area (Å²) < 4.78 is 33.3. The molecule has 0 rings (SSSR count). The minimum atomic E-state index is -4.62. The predicted molar refractivity (Wildman–Crippen MR) is 235 cm³/mol. The van der Waals surface area contributed by atoms with Gasteiger partial charge in [0.05, 0.1) is 19.8 Å². The van der Waals surface area contributed by atoms with Gasteiger partial charge in [-0.1, -0.05) is 177 Å². The van der Waals surface area contributed by atoms with E-state index < -0.39 is 45.1 Å². The van der Waals surface area contributed by atoms with Crippen LogP contribution >= 0.6 is 7.82 Å². The maximum Gasteiger partial charge on any atom is 0.472 e. The first-order valence-corrected chi connectivity index (χ1v) is 23.8. The van der Waals surface area contributed by atoms with Crippen molar-refractivity contribution in [2.24, 2.45) is 5.73 Å². The van der Waals surface area contributed by atoms with Gasteiger partial charge in [0.15, 0.2) is 0 Å². The first-order chi connectivity index (χ1) is 27.7. The van der Waals surface area contributed by atoms with Gasteiger partial charge >= 0.3 is 19.8 Å². The van der Waals surface area contributed by atoms with Crippen LogP contribution in [0.3, 0.4) is 0 Å². The van der Waals surface area contributed by atoms with Crippen molar-refractivity contribution in [2.45, 2.75) is 193 Å². The van der Waals surface area contributed by atoms with Crippen LogP contribution in [-0.4, -0.2) is 60.5 Å². The van der Waals surface area contributed by atoms with Crippen LogP contribution in [0.25, 0.3) is 0 Å². The molecule has 0 amide bonds. The Bertz CT molecular complexity index is 1140. The molecule has 57 heavy (non-hydrogen) atoms. The second kappa shape index (κ2) is 41.8. The van der Waals surface area contributed by atoms with E-state index in [0.717, 1.165) is 83.5 Å². The van der Waals surface area contributed by atoms with Crippen molar-refractivity contribution in [1.29, 1.82) is 0 Å². The number of unbranched alkanes of at least 4 members (excludes halogenated alkanes) is 18. The number of carbonyl (C=O) groups is 2. The number of phosphoric ester groups is 1. The first-order valence-electron chi connectivity index (χ1n) is 22.3. The Hall–Kier alpha value is -2.33. The summed E-state index contributed by atoms with van der Waals surface area (Å²) in [7, 11) is -4.62. The molecule has 0 aromatic heterocycles. The average molecular weight is 824 g/mol. The minimum absolute atomic E-state index is 0.000721. The van der Waals surface area contributed by atoms with Gasteiger partial charge in [-0.3, -0.25) is 18.6 Å².